The molecule has 0 spiro atoms. The van der Waals surface area contributed by atoms with Gasteiger partial charge in [-0.05, 0) is 35.7 Å². The van der Waals surface area contributed by atoms with Crippen molar-refractivity contribution < 1.29 is 4.39 Å². The lowest BCUT2D eigenvalue weighted by molar-refractivity contribution is 0.485. The van der Waals surface area contributed by atoms with Crippen LogP contribution >= 0.6 is 39.9 Å². The summed E-state index contributed by atoms with van der Waals surface area (Å²) in [4.78, 5) is 6.61. The van der Waals surface area contributed by atoms with Crippen molar-refractivity contribution in [3.8, 4) is 0 Å². The molecule has 1 atom stereocenters. The normalized spacial score (nSPS) is 17.5. The van der Waals surface area contributed by atoms with Gasteiger partial charge >= 0.3 is 0 Å². The molecular formula is C17H22BrFIN5. The Morgan fingerprint density at radius 2 is 2.24 bits per heavy atom. The number of hydrogen-bond donors (Lipinski definition) is 1. The van der Waals surface area contributed by atoms with Gasteiger partial charge in [-0.1, -0.05) is 15.9 Å². The Balaban J connectivity index is 0.00000225. The molecule has 1 fully saturated rings. The first kappa shape index (κ1) is 20.2. The maximum atomic E-state index is 13.5. The fourth-order valence-electron chi connectivity index (χ4n) is 3.10. The molecule has 136 valence electrons. The average Bonchev–Trinajstić information content (AvgIpc) is 3.16. The molecule has 1 aromatic carbocycles. The molecule has 25 heavy (non-hydrogen) atoms. The van der Waals surface area contributed by atoms with Gasteiger partial charge in [0.2, 0.25) is 0 Å². The molecule has 0 radical (unpaired) electrons. The van der Waals surface area contributed by atoms with E-state index < -0.39 is 0 Å². The molecule has 1 aliphatic heterocycles. The summed E-state index contributed by atoms with van der Waals surface area (Å²) in [6.07, 6.45) is 5.10. The van der Waals surface area contributed by atoms with Gasteiger partial charge in [0.15, 0.2) is 5.96 Å². The zero-order valence-corrected chi connectivity index (χ0v) is 18.2. The molecule has 1 N–H and O–H groups in total. The fraction of sp³-hybridized carbons (Fsp3) is 0.412. The number of aliphatic imine (C=N–C) groups is 1. The van der Waals surface area contributed by atoms with E-state index in [-0.39, 0.29) is 29.8 Å². The topological polar surface area (TPSA) is 45.5 Å². The van der Waals surface area contributed by atoms with Crippen molar-refractivity contribution in [1.82, 2.24) is 20.0 Å². The number of guanidine groups is 1. The molecule has 1 saturated heterocycles. The monoisotopic (exact) mass is 521 g/mol. The third kappa shape index (κ3) is 5.16. The summed E-state index contributed by atoms with van der Waals surface area (Å²) in [6.45, 7) is 2.40. The molecule has 0 bridgehead atoms. The maximum absolute atomic E-state index is 13.5. The van der Waals surface area contributed by atoms with Crippen LogP contribution < -0.4 is 5.32 Å². The quantitative estimate of drug-likeness (QED) is 0.382. The van der Waals surface area contributed by atoms with Crippen molar-refractivity contribution in [3.63, 3.8) is 0 Å². The van der Waals surface area contributed by atoms with Crippen LogP contribution in [-0.2, 0) is 13.6 Å². The van der Waals surface area contributed by atoms with Crippen molar-refractivity contribution >= 4 is 45.9 Å². The van der Waals surface area contributed by atoms with Crippen molar-refractivity contribution in [2.24, 2.45) is 12.0 Å². The number of aryl methyl sites for hydroxylation is 1. The summed E-state index contributed by atoms with van der Waals surface area (Å²) >= 11 is 3.32. The van der Waals surface area contributed by atoms with Crippen LogP contribution in [0.1, 0.15) is 23.5 Å². The highest BCUT2D eigenvalue weighted by Crippen LogP contribution is 2.26. The number of halogens is 3. The first-order valence-corrected chi connectivity index (χ1v) is 8.73. The Labute approximate surface area is 172 Å². The van der Waals surface area contributed by atoms with Gasteiger partial charge in [-0.15, -0.1) is 24.0 Å². The number of hydrogen-bond acceptors (Lipinski definition) is 2. The predicted molar refractivity (Wildman–Crippen MR) is 112 cm³/mol. The molecule has 3 rings (SSSR count). The van der Waals surface area contributed by atoms with Crippen LogP contribution in [0.2, 0.25) is 0 Å². The zero-order chi connectivity index (χ0) is 17.1. The highest BCUT2D eigenvalue weighted by atomic mass is 127. The van der Waals surface area contributed by atoms with E-state index in [0.717, 1.165) is 35.5 Å². The van der Waals surface area contributed by atoms with Gasteiger partial charge in [0.25, 0.3) is 0 Å². The Bertz CT molecular complexity index is 728. The van der Waals surface area contributed by atoms with Crippen molar-refractivity contribution in [2.45, 2.75) is 18.9 Å². The minimum atomic E-state index is -0.242. The van der Waals surface area contributed by atoms with Gasteiger partial charge in [-0.25, -0.2) is 4.39 Å². The number of nitrogens with zero attached hydrogens (tertiary/aromatic N) is 4. The Morgan fingerprint density at radius 3 is 2.88 bits per heavy atom. The van der Waals surface area contributed by atoms with Crippen molar-refractivity contribution in [1.29, 1.82) is 0 Å². The Kier molecular flexibility index (Phi) is 7.24. The van der Waals surface area contributed by atoms with E-state index in [4.69, 9.17) is 0 Å². The molecule has 1 aromatic heterocycles. The molecule has 1 aliphatic rings. The van der Waals surface area contributed by atoms with Crippen LogP contribution in [0.15, 0.2) is 40.1 Å². The first-order chi connectivity index (χ1) is 11.5. The van der Waals surface area contributed by atoms with Crippen LogP contribution in [0.25, 0.3) is 0 Å². The van der Waals surface area contributed by atoms with E-state index in [2.05, 4.69) is 42.4 Å². The molecule has 0 amide bonds. The van der Waals surface area contributed by atoms with E-state index in [1.165, 1.54) is 17.7 Å². The molecule has 0 aliphatic carbocycles. The number of likely N-dealkylation sites (tertiary alicyclic amines) is 1. The molecule has 2 heterocycles. The van der Waals surface area contributed by atoms with E-state index in [1.807, 2.05) is 24.0 Å². The molecule has 1 unspecified atom stereocenters. The highest BCUT2D eigenvalue weighted by molar-refractivity contribution is 14.0. The zero-order valence-electron chi connectivity index (χ0n) is 14.2. The summed E-state index contributed by atoms with van der Waals surface area (Å²) in [5.74, 6) is 1.08. The molecule has 5 nitrogen and oxygen atoms in total. The number of aromatic nitrogens is 2. The Morgan fingerprint density at radius 1 is 1.44 bits per heavy atom. The summed E-state index contributed by atoms with van der Waals surface area (Å²) in [5, 5.41) is 7.58. The van der Waals surface area contributed by atoms with E-state index in [1.54, 1.807) is 7.05 Å². The second-order valence-electron chi connectivity index (χ2n) is 6.06. The van der Waals surface area contributed by atoms with Crippen LogP contribution in [0.3, 0.4) is 0 Å². The number of nitrogens with one attached hydrogen (secondary N) is 1. The SMILES string of the molecule is CN=C(NCc1cc(F)cc(Br)c1)N1CCC(c2cnn(C)c2)C1.I. The number of rotatable bonds is 3. The van der Waals surface area contributed by atoms with Gasteiger partial charge in [0, 0.05) is 50.3 Å². The van der Waals surface area contributed by atoms with Crippen LogP contribution in [0.5, 0.6) is 0 Å². The van der Waals surface area contributed by atoms with Gasteiger partial charge in [-0.2, -0.15) is 5.10 Å². The van der Waals surface area contributed by atoms with Gasteiger partial charge < -0.3 is 10.2 Å². The van der Waals surface area contributed by atoms with Crippen molar-refractivity contribution in [2.75, 3.05) is 20.1 Å². The molecule has 2 aromatic rings. The minimum absolute atomic E-state index is 0. The summed E-state index contributed by atoms with van der Waals surface area (Å²) in [5.41, 5.74) is 2.15. The summed E-state index contributed by atoms with van der Waals surface area (Å²) in [6, 6.07) is 4.90. The fourth-order valence-corrected chi connectivity index (χ4v) is 3.61. The largest absolute Gasteiger partial charge is 0.352 e. The maximum Gasteiger partial charge on any atom is 0.193 e. The van der Waals surface area contributed by atoms with E-state index >= 15 is 0 Å². The second-order valence-corrected chi connectivity index (χ2v) is 6.97. The summed E-state index contributed by atoms with van der Waals surface area (Å²) < 4.78 is 16.1. The van der Waals surface area contributed by atoms with E-state index in [0.29, 0.717) is 12.5 Å². The first-order valence-electron chi connectivity index (χ1n) is 7.94. The molecular weight excluding hydrogens is 500 g/mol. The third-order valence-electron chi connectivity index (χ3n) is 4.27. The van der Waals surface area contributed by atoms with E-state index in [9.17, 15) is 4.39 Å². The minimum Gasteiger partial charge on any atom is -0.352 e. The van der Waals surface area contributed by atoms with Gasteiger partial charge in [0.1, 0.15) is 5.82 Å². The smallest absolute Gasteiger partial charge is 0.193 e. The standard InChI is InChI=1S/C17H21BrFN5.HI/c1-20-17(21-8-12-5-15(18)7-16(19)6-12)24-4-3-13(11-24)14-9-22-23(2)10-14;/h5-7,9-10,13H,3-4,8,11H2,1-2H3,(H,20,21);1H. The predicted octanol–water partition coefficient (Wildman–Crippen LogP) is 3.50. The lowest BCUT2D eigenvalue weighted by Crippen LogP contribution is -2.39. The van der Waals surface area contributed by atoms with Crippen LogP contribution in [0.4, 0.5) is 4.39 Å². The summed E-state index contributed by atoms with van der Waals surface area (Å²) in [7, 11) is 3.72. The number of benzene rings is 1. The lowest BCUT2D eigenvalue weighted by Gasteiger charge is -2.21. The lowest BCUT2D eigenvalue weighted by atomic mass is 10.0. The van der Waals surface area contributed by atoms with Crippen LogP contribution in [-0.4, -0.2) is 40.8 Å². The van der Waals surface area contributed by atoms with Crippen molar-refractivity contribution in [3.05, 3.63) is 52.0 Å². The van der Waals surface area contributed by atoms with Gasteiger partial charge in [0.05, 0.1) is 6.20 Å². The second kappa shape index (κ2) is 8.98. The van der Waals surface area contributed by atoms with Crippen LogP contribution in [0, 0.1) is 5.82 Å². The Hall–Kier alpha value is -1.16. The molecule has 0 saturated carbocycles. The van der Waals surface area contributed by atoms with Gasteiger partial charge in [-0.3, -0.25) is 9.67 Å². The highest BCUT2D eigenvalue weighted by Gasteiger charge is 2.26. The molecule has 8 heteroatoms. The third-order valence-corrected chi connectivity index (χ3v) is 4.73. The average molecular weight is 522 g/mol.